The molecule has 3 heteroatoms. The van der Waals surface area contributed by atoms with Crippen LogP contribution in [0.4, 0.5) is 4.79 Å². The van der Waals surface area contributed by atoms with Crippen LogP contribution in [0, 0.1) is 23.7 Å². The maximum atomic E-state index is 12.4. The van der Waals surface area contributed by atoms with Crippen molar-refractivity contribution in [3.05, 3.63) is 29.8 Å². The summed E-state index contributed by atoms with van der Waals surface area (Å²) in [4.78, 5) is 12.4. The van der Waals surface area contributed by atoms with Crippen molar-refractivity contribution in [2.75, 3.05) is 0 Å². The smallest absolute Gasteiger partial charge is 0.431 e. The van der Waals surface area contributed by atoms with E-state index in [4.69, 9.17) is 9.47 Å². The lowest BCUT2D eigenvalue weighted by atomic mass is 9.70. The van der Waals surface area contributed by atoms with Crippen molar-refractivity contribution in [2.24, 2.45) is 23.7 Å². The van der Waals surface area contributed by atoms with Crippen molar-refractivity contribution in [3.63, 3.8) is 0 Å². The van der Waals surface area contributed by atoms with Gasteiger partial charge in [0.25, 0.3) is 0 Å². The molecule has 4 rings (SSSR count). The van der Waals surface area contributed by atoms with Gasteiger partial charge in [-0.3, -0.25) is 0 Å². The van der Waals surface area contributed by atoms with E-state index in [0.717, 1.165) is 36.5 Å². The molecule has 0 spiro atoms. The summed E-state index contributed by atoms with van der Waals surface area (Å²) in [5.74, 6) is 4.91. The highest BCUT2D eigenvalue weighted by molar-refractivity contribution is 5.64. The zero-order chi connectivity index (χ0) is 24.5. The van der Waals surface area contributed by atoms with Crippen LogP contribution in [0.5, 0.6) is 5.75 Å². The molecule has 35 heavy (non-hydrogen) atoms. The van der Waals surface area contributed by atoms with Crippen molar-refractivity contribution in [2.45, 2.75) is 135 Å². The predicted molar refractivity (Wildman–Crippen MR) is 144 cm³/mol. The van der Waals surface area contributed by atoms with Crippen molar-refractivity contribution >= 4 is 6.16 Å². The van der Waals surface area contributed by atoms with Crippen LogP contribution in [0.3, 0.4) is 0 Å². The standard InChI is InChI=1S/C32H50O3/c1-3-5-7-25-10-14-27(15-11-25)29-18-22-31(23-19-29)35-32(33)34-30-20-16-28(17-21-30)26-12-8-24(6-4-2)9-13-26/h18-19,22-28,30H,3-17,20-21H2,1-2H3/t24-,25-,26-,27-,28-,30-. The maximum Gasteiger partial charge on any atom is 0.514 e. The summed E-state index contributed by atoms with van der Waals surface area (Å²) in [5, 5.41) is 0. The molecule has 0 amide bonds. The van der Waals surface area contributed by atoms with Gasteiger partial charge in [-0.05, 0) is 111 Å². The number of benzene rings is 1. The molecule has 3 nitrogen and oxygen atoms in total. The fourth-order valence-corrected chi connectivity index (χ4v) is 7.38. The fraction of sp³-hybridized carbons (Fsp3) is 0.781. The van der Waals surface area contributed by atoms with Crippen LogP contribution in [-0.2, 0) is 4.74 Å². The fourth-order valence-electron chi connectivity index (χ4n) is 7.38. The van der Waals surface area contributed by atoms with Gasteiger partial charge in [-0.2, -0.15) is 0 Å². The van der Waals surface area contributed by atoms with E-state index in [-0.39, 0.29) is 6.10 Å². The first-order valence-corrected chi connectivity index (χ1v) is 15.1. The summed E-state index contributed by atoms with van der Waals surface area (Å²) >= 11 is 0. The lowest BCUT2D eigenvalue weighted by Gasteiger charge is -2.37. The molecule has 0 aliphatic heterocycles. The average Bonchev–Trinajstić information content (AvgIpc) is 2.89. The number of hydrogen-bond acceptors (Lipinski definition) is 3. The van der Waals surface area contributed by atoms with Crippen LogP contribution in [-0.4, -0.2) is 12.3 Å². The van der Waals surface area contributed by atoms with Gasteiger partial charge in [0.1, 0.15) is 11.9 Å². The number of rotatable bonds is 9. The Balaban J connectivity index is 1.14. The number of hydrogen-bond donors (Lipinski definition) is 0. The minimum atomic E-state index is -0.530. The van der Waals surface area contributed by atoms with E-state index in [1.54, 1.807) is 0 Å². The molecule has 0 saturated heterocycles. The highest BCUT2D eigenvalue weighted by atomic mass is 16.7. The quantitative estimate of drug-likeness (QED) is 0.259. The van der Waals surface area contributed by atoms with Gasteiger partial charge in [0.05, 0.1) is 0 Å². The monoisotopic (exact) mass is 482 g/mol. The summed E-state index contributed by atoms with van der Waals surface area (Å²) in [5.41, 5.74) is 1.39. The van der Waals surface area contributed by atoms with Gasteiger partial charge in [0.2, 0.25) is 0 Å². The number of carbonyl (C=O) groups excluding carboxylic acids is 1. The molecule has 0 aromatic heterocycles. The average molecular weight is 483 g/mol. The second-order valence-corrected chi connectivity index (χ2v) is 12.0. The third-order valence-corrected chi connectivity index (χ3v) is 9.60. The Morgan fingerprint density at radius 1 is 0.714 bits per heavy atom. The summed E-state index contributed by atoms with van der Waals surface area (Å²) in [6.07, 6.45) is 21.7. The van der Waals surface area contributed by atoms with E-state index in [2.05, 4.69) is 26.0 Å². The minimum absolute atomic E-state index is 0.0253. The third kappa shape index (κ3) is 7.99. The highest BCUT2D eigenvalue weighted by Gasteiger charge is 2.32. The Bertz CT molecular complexity index is 733. The topological polar surface area (TPSA) is 35.5 Å². The Morgan fingerprint density at radius 3 is 1.89 bits per heavy atom. The second kappa shape index (κ2) is 13.7. The minimum Gasteiger partial charge on any atom is -0.431 e. The summed E-state index contributed by atoms with van der Waals surface area (Å²) in [7, 11) is 0. The first kappa shape index (κ1) is 26.6. The zero-order valence-electron chi connectivity index (χ0n) is 22.5. The van der Waals surface area contributed by atoms with Crippen molar-refractivity contribution < 1.29 is 14.3 Å². The Hall–Kier alpha value is -1.51. The van der Waals surface area contributed by atoms with Crippen LogP contribution in [0.25, 0.3) is 0 Å². The molecule has 0 atom stereocenters. The van der Waals surface area contributed by atoms with Crippen molar-refractivity contribution in [3.8, 4) is 5.75 Å². The number of ether oxygens (including phenoxy) is 2. The summed E-state index contributed by atoms with van der Waals surface area (Å²) in [6.45, 7) is 4.60. The molecule has 3 aliphatic carbocycles. The van der Waals surface area contributed by atoms with Gasteiger partial charge >= 0.3 is 6.16 Å². The zero-order valence-corrected chi connectivity index (χ0v) is 22.5. The first-order chi connectivity index (χ1) is 17.1. The molecule has 0 unspecified atom stereocenters. The molecule has 0 heterocycles. The molecule has 196 valence electrons. The van der Waals surface area contributed by atoms with Crippen molar-refractivity contribution in [1.82, 2.24) is 0 Å². The molecule has 3 aliphatic rings. The van der Waals surface area contributed by atoms with Gasteiger partial charge in [-0.15, -0.1) is 0 Å². The molecule has 1 aromatic rings. The molecule has 0 N–H and O–H groups in total. The Labute approximate surface area is 214 Å². The van der Waals surface area contributed by atoms with Gasteiger partial charge < -0.3 is 9.47 Å². The molecule has 1 aromatic carbocycles. The van der Waals surface area contributed by atoms with Crippen LogP contribution >= 0.6 is 0 Å². The van der Waals surface area contributed by atoms with E-state index < -0.39 is 6.16 Å². The molecular weight excluding hydrogens is 432 g/mol. The van der Waals surface area contributed by atoms with E-state index >= 15 is 0 Å². The van der Waals surface area contributed by atoms with E-state index in [1.165, 1.54) is 102 Å². The second-order valence-electron chi connectivity index (χ2n) is 12.0. The third-order valence-electron chi connectivity index (χ3n) is 9.60. The van der Waals surface area contributed by atoms with E-state index in [0.29, 0.717) is 11.7 Å². The predicted octanol–water partition coefficient (Wildman–Crippen LogP) is 9.83. The summed E-state index contributed by atoms with van der Waals surface area (Å²) < 4.78 is 11.2. The first-order valence-electron chi connectivity index (χ1n) is 15.1. The Kier molecular flexibility index (Phi) is 10.4. The Morgan fingerprint density at radius 2 is 1.29 bits per heavy atom. The largest absolute Gasteiger partial charge is 0.514 e. The highest BCUT2D eigenvalue weighted by Crippen LogP contribution is 2.42. The van der Waals surface area contributed by atoms with Gasteiger partial charge in [0.15, 0.2) is 0 Å². The van der Waals surface area contributed by atoms with Crippen LogP contribution in [0.1, 0.15) is 134 Å². The van der Waals surface area contributed by atoms with Crippen molar-refractivity contribution in [1.29, 1.82) is 0 Å². The van der Waals surface area contributed by atoms with Crippen LogP contribution < -0.4 is 4.74 Å². The maximum absolute atomic E-state index is 12.4. The normalized spacial score (nSPS) is 31.6. The molecule has 3 saturated carbocycles. The lowest BCUT2D eigenvalue weighted by Crippen LogP contribution is -2.30. The van der Waals surface area contributed by atoms with E-state index in [1.807, 2.05) is 12.1 Å². The van der Waals surface area contributed by atoms with Gasteiger partial charge in [-0.25, -0.2) is 4.79 Å². The molecule has 0 radical (unpaired) electrons. The molecule has 3 fully saturated rings. The van der Waals surface area contributed by atoms with Gasteiger partial charge in [-0.1, -0.05) is 70.9 Å². The molecular formula is C32H50O3. The van der Waals surface area contributed by atoms with Crippen LogP contribution in [0.15, 0.2) is 24.3 Å². The van der Waals surface area contributed by atoms with E-state index in [9.17, 15) is 4.79 Å². The summed E-state index contributed by atoms with van der Waals surface area (Å²) in [6, 6.07) is 8.21. The SMILES string of the molecule is CCCC[C@H]1CC[C@H](c2ccc(OC(=O)O[C@H]3CC[C@H]([C@H]4CC[C@H](CCC)CC4)CC3)cc2)CC1. The number of carbonyl (C=O) groups is 1. The lowest BCUT2D eigenvalue weighted by molar-refractivity contribution is 0.0238. The number of unbranched alkanes of at least 4 members (excludes halogenated alkanes) is 1. The van der Waals surface area contributed by atoms with Gasteiger partial charge in [0, 0.05) is 0 Å². The molecule has 0 bridgehead atoms. The van der Waals surface area contributed by atoms with Crippen LogP contribution in [0.2, 0.25) is 0 Å².